The molecule has 28 heavy (non-hydrogen) atoms. The van der Waals surface area contributed by atoms with Crippen molar-refractivity contribution < 1.29 is 19.1 Å². The zero-order valence-electron chi connectivity index (χ0n) is 15.8. The van der Waals surface area contributed by atoms with E-state index in [0.717, 1.165) is 22.9 Å². The summed E-state index contributed by atoms with van der Waals surface area (Å²) in [5.74, 6) is 0.889. The smallest absolute Gasteiger partial charge is 0.293 e. The number of benzene rings is 2. The van der Waals surface area contributed by atoms with Crippen molar-refractivity contribution in [3.63, 3.8) is 0 Å². The van der Waals surface area contributed by atoms with Gasteiger partial charge in [0, 0.05) is 5.02 Å². The summed E-state index contributed by atoms with van der Waals surface area (Å²) < 4.78 is 11.1. The van der Waals surface area contributed by atoms with Crippen molar-refractivity contribution in [2.24, 2.45) is 0 Å². The van der Waals surface area contributed by atoms with E-state index in [9.17, 15) is 9.59 Å². The third-order valence-corrected chi connectivity index (χ3v) is 5.14. The Morgan fingerprint density at radius 2 is 1.82 bits per heavy atom. The number of carbonyl (C=O) groups excluding carboxylic acids is 2. The van der Waals surface area contributed by atoms with Gasteiger partial charge in [-0.2, -0.15) is 0 Å². The molecule has 0 aromatic heterocycles. The molecule has 1 saturated heterocycles. The van der Waals surface area contributed by atoms with Gasteiger partial charge in [0.2, 0.25) is 0 Å². The fourth-order valence-electron chi connectivity index (χ4n) is 2.69. The lowest BCUT2D eigenvalue weighted by molar-refractivity contribution is -0.123. The normalized spacial score (nSPS) is 15.6. The highest BCUT2D eigenvalue weighted by molar-refractivity contribution is 8.18. The number of ether oxygens (including phenoxy) is 2. The predicted octanol–water partition coefficient (Wildman–Crippen LogP) is 5.37. The number of imide groups is 1. The van der Waals surface area contributed by atoms with Crippen LogP contribution in [0, 0.1) is 0 Å². The van der Waals surface area contributed by atoms with Crippen LogP contribution in [0.15, 0.2) is 47.4 Å². The number of thioether (sulfide) groups is 1. The van der Waals surface area contributed by atoms with Gasteiger partial charge in [0.15, 0.2) is 11.5 Å². The monoisotopic (exact) mass is 417 g/mol. The largest absolute Gasteiger partial charge is 0.493 e. The minimum Gasteiger partial charge on any atom is -0.493 e. The lowest BCUT2D eigenvalue weighted by Crippen LogP contribution is -2.27. The van der Waals surface area contributed by atoms with Crippen molar-refractivity contribution in [3.8, 4) is 11.5 Å². The van der Waals surface area contributed by atoms with Gasteiger partial charge in [0.1, 0.15) is 0 Å². The average Bonchev–Trinajstić information content (AvgIpc) is 2.91. The van der Waals surface area contributed by atoms with E-state index in [2.05, 4.69) is 0 Å². The Kier molecular flexibility index (Phi) is 6.31. The SMILES string of the molecule is COc1cc(/C=C2\SC(=O)N(Cc3ccc(Cl)cc3)C2=O)ccc1OC(C)C. The molecule has 0 radical (unpaired) electrons. The van der Waals surface area contributed by atoms with Crippen molar-refractivity contribution in [3.05, 3.63) is 63.5 Å². The molecule has 2 aromatic rings. The van der Waals surface area contributed by atoms with Crippen molar-refractivity contribution in [1.29, 1.82) is 0 Å². The zero-order chi connectivity index (χ0) is 20.3. The second kappa shape index (κ2) is 8.71. The summed E-state index contributed by atoms with van der Waals surface area (Å²) in [7, 11) is 1.56. The summed E-state index contributed by atoms with van der Waals surface area (Å²) in [6.45, 7) is 4.08. The van der Waals surface area contributed by atoms with Gasteiger partial charge < -0.3 is 9.47 Å². The summed E-state index contributed by atoms with van der Waals surface area (Å²) in [6, 6.07) is 12.5. The highest BCUT2D eigenvalue weighted by atomic mass is 35.5. The second-order valence-electron chi connectivity index (χ2n) is 6.47. The Morgan fingerprint density at radius 3 is 2.46 bits per heavy atom. The molecule has 1 aliphatic rings. The van der Waals surface area contributed by atoms with Crippen molar-refractivity contribution in [2.75, 3.05) is 7.11 Å². The molecule has 0 atom stereocenters. The summed E-state index contributed by atoms with van der Waals surface area (Å²) in [5.41, 5.74) is 1.59. The molecule has 7 heteroatoms. The molecular weight excluding hydrogens is 398 g/mol. The van der Waals surface area contributed by atoms with Crippen molar-refractivity contribution in [1.82, 2.24) is 4.90 Å². The lowest BCUT2D eigenvalue weighted by atomic mass is 10.1. The molecule has 5 nitrogen and oxygen atoms in total. The molecule has 2 aromatic carbocycles. The molecule has 0 bridgehead atoms. The zero-order valence-corrected chi connectivity index (χ0v) is 17.3. The quantitative estimate of drug-likeness (QED) is 0.591. The lowest BCUT2D eigenvalue weighted by Gasteiger charge is -2.14. The van der Waals surface area contributed by atoms with E-state index in [1.807, 2.05) is 19.9 Å². The molecule has 146 valence electrons. The third-order valence-electron chi connectivity index (χ3n) is 3.98. The molecule has 1 fully saturated rings. The first-order valence-electron chi connectivity index (χ1n) is 8.72. The second-order valence-corrected chi connectivity index (χ2v) is 7.90. The first-order chi connectivity index (χ1) is 13.4. The Balaban J connectivity index is 1.80. The minimum absolute atomic E-state index is 0.0177. The minimum atomic E-state index is -0.313. The molecule has 1 heterocycles. The Bertz CT molecular complexity index is 925. The highest BCUT2D eigenvalue weighted by Crippen LogP contribution is 2.35. The van der Waals surface area contributed by atoms with Crippen LogP contribution in [0.5, 0.6) is 11.5 Å². The predicted molar refractivity (Wildman–Crippen MR) is 112 cm³/mol. The van der Waals surface area contributed by atoms with Crippen molar-refractivity contribution >= 4 is 40.6 Å². The Labute approximate surface area is 173 Å². The van der Waals surface area contributed by atoms with Gasteiger partial charge in [0.05, 0.1) is 24.7 Å². The molecule has 1 aliphatic heterocycles. The summed E-state index contributed by atoms with van der Waals surface area (Å²) in [5, 5.41) is 0.314. The summed E-state index contributed by atoms with van der Waals surface area (Å²) in [4.78, 5) is 26.6. The van der Waals surface area contributed by atoms with Gasteiger partial charge in [-0.15, -0.1) is 0 Å². The summed E-state index contributed by atoms with van der Waals surface area (Å²) in [6.07, 6.45) is 1.71. The average molecular weight is 418 g/mol. The van der Waals surface area contributed by atoms with Gasteiger partial charge in [-0.1, -0.05) is 29.8 Å². The Morgan fingerprint density at radius 1 is 1.11 bits per heavy atom. The fraction of sp³-hybridized carbons (Fsp3) is 0.238. The number of methoxy groups -OCH3 is 1. The molecule has 0 N–H and O–H groups in total. The first-order valence-corrected chi connectivity index (χ1v) is 9.91. The van der Waals surface area contributed by atoms with Crippen LogP contribution in [-0.2, 0) is 11.3 Å². The van der Waals surface area contributed by atoms with Crippen LogP contribution in [0.1, 0.15) is 25.0 Å². The number of carbonyl (C=O) groups is 2. The van der Waals surface area contributed by atoms with Crippen molar-refractivity contribution in [2.45, 2.75) is 26.5 Å². The van der Waals surface area contributed by atoms with Crippen LogP contribution in [0.2, 0.25) is 5.02 Å². The van der Waals surface area contributed by atoms with E-state index in [0.29, 0.717) is 21.4 Å². The van der Waals surface area contributed by atoms with E-state index in [-0.39, 0.29) is 23.8 Å². The number of amides is 2. The molecule has 2 amide bonds. The maximum Gasteiger partial charge on any atom is 0.293 e. The number of halogens is 1. The van der Waals surface area contributed by atoms with Gasteiger partial charge in [-0.3, -0.25) is 14.5 Å². The summed E-state index contributed by atoms with van der Waals surface area (Å²) >= 11 is 6.81. The fourth-order valence-corrected chi connectivity index (χ4v) is 3.65. The van der Waals surface area contributed by atoms with E-state index >= 15 is 0 Å². The van der Waals surface area contributed by atoms with E-state index < -0.39 is 0 Å². The molecule has 0 spiro atoms. The Hall–Kier alpha value is -2.44. The molecule has 0 aliphatic carbocycles. The number of rotatable bonds is 6. The van der Waals surface area contributed by atoms with Crippen LogP contribution < -0.4 is 9.47 Å². The highest BCUT2D eigenvalue weighted by Gasteiger charge is 2.35. The van der Waals surface area contributed by atoms with Gasteiger partial charge in [-0.25, -0.2) is 0 Å². The maximum atomic E-state index is 12.7. The number of nitrogens with zero attached hydrogens (tertiary/aromatic N) is 1. The van der Waals surface area contributed by atoms with E-state index in [1.54, 1.807) is 49.6 Å². The molecule has 3 rings (SSSR count). The standard InChI is InChI=1S/C21H20ClNO4S/c1-13(2)27-17-9-6-15(10-18(17)26-3)11-19-20(24)23(21(25)28-19)12-14-4-7-16(22)8-5-14/h4-11,13H,12H2,1-3H3/b19-11-. The van der Waals surface area contributed by atoms with Crippen LogP contribution in [0.4, 0.5) is 4.79 Å². The number of hydrogen-bond donors (Lipinski definition) is 0. The van der Waals surface area contributed by atoms with Crippen LogP contribution in [0.3, 0.4) is 0 Å². The molecule has 0 unspecified atom stereocenters. The molecule has 0 saturated carbocycles. The van der Waals surface area contributed by atoms with Gasteiger partial charge in [-0.05, 0) is 67.1 Å². The first kappa shape index (κ1) is 20.3. The number of hydrogen-bond acceptors (Lipinski definition) is 5. The van der Waals surface area contributed by atoms with Gasteiger partial charge >= 0.3 is 0 Å². The van der Waals surface area contributed by atoms with Crippen LogP contribution in [0.25, 0.3) is 6.08 Å². The molecular formula is C21H20ClNO4S. The van der Waals surface area contributed by atoms with E-state index in [1.165, 1.54) is 4.90 Å². The third kappa shape index (κ3) is 4.69. The maximum absolute atomic E-state index is 12.7. The van der Waals surface area contributed by atoms with Gasteiger partial charge in [0.25, 0.3) is 11.1 Å². The van der Waals surface area contributed by atoms with Crippen LogP contribution >= 0.6 is 23.4 Å². The van der Waals surface area contributed by atoms with E-state index in [4.69, 9.17) is 21.1 Å². The van der Waals surface area contributed by atoms with Crippen LogP contribution in [-0.4, -0.2) is 29.3 Å². The topological polar surface area (TPSA) is 55.8 Å².